The van der Waals surface area contributed by atoms with E-state index in [2.05, 4.69) is 11.9 Å². The van der Waals surface area contributed by atoms with Gasteiger partial charge in [-0.05, 0) is 49.4 Å². The topological polar surface area (TPSA) is 47.6 Å². The van der Waals surface area contributed by atoms with Crippen molar-refractivity contribution in [2.24, 2.45) is 0 Å². The zero-order chi connectivity index (χ0) is 18.9. The van der Waals surface area contributed by atoms with Crippen LogP contribution >= 0.6 is 11.6 Å². The van der Waals surface area contributed by atoms with Crippen LogP contribution in [0.25, 0.3) is 0 Å². The molecule has 0 amide bonds. The summed E-state index contributed by atoms with van der Waals surface area (Å²) < 4.78 is 11.2. The Morgan fingerprint density at radius 1 is 1.27 bits per heavy atom. The smallest absolute Gasteiger partial charge is 0.310 e. The van der Waals surface area contributed by atoms with Gasteiger partial charge in [0.05, 0.1) is 6.42 Å². The SMILES string of the molecule is C=CCOc1ccc(C(OC(=O)Cc2cccc(Cl)c2)C(C)NC)cc1. The molecule has 0 aliphatic rings. The Kier molecular flexibility index (Phi) is 7.70. The van der Waals surface area contributed by atoms with Crippen LogP contribution in [-0.4, -0.2) is 25.7 Å². The molecule has 26 heavy (non-hydrogen) atoms. The zero-order valence-electron chi connectivity index (χ0n) is 15.1. The number of rotatable bonds is 9. The van der Waals surface area contributed by atoms with Crippen LogP contribution in [0.5, 0.6) is 5.75 Å². The van der Waals surface area contributed by atoms with Crippen molar-refractivity contribution < 1.29 is 14.3 Å². The Bertz CT molecular complexity index is 730. The standard InChI is InChI=1S/C21H24ClNO3/c1-4-12-25-19-10-8-17(9-11-19)21(15(2)23-3)26-20(24)14-16-6-5-7-18(22)13-16/h4-11,13,15,21,23H,1,12,14H2,2-3H3. The van der Waals surface area contributed by atoms with Crippen LogP contribution in [0, 0.1) is 0 Å². The highest BCUT2D eigenvalue weighted by molar-refractivity contribution is 6.30. The van der Waals surface area contributed by atoms with Crippen LogP contribution in [0.3, 0.4) is 0 Å². The number of likely N-dealkylation sites (N-methyl/N-ethyl adjacent to an activating group) is 1. The van der Waals surface area contributed by atoms with Crippen LogP contribution in [0.2, 0.25) is 5.02 Å². The summed E-state index contributed by atoms with van der Waals surface area (Å²) in [6.45, 7) is 6.05. The van der Waals surface area contributed by atoms with Crippen molar-refractivity contribution in [3.05, 3.63) is 77.3 Å². The Hall–Kier alpha value is -2.30. The second-order valence-corrected chi connectivity index (χ2v) is 6.40. The molecule has 2 atom stereocenters. The number of esters is 1. The molecule has 5 heteroatoms. The predicted octanol–water partition coefficient (Wildman–Crippen LogP) is 4.34. The molecule has 0 aromatic heterocycles. The van der Waals surface area contributed by atoms with Crippen molar-refractivity contribution in [2.75, 3.05) is 13.7 Å². The molecule has 2 aromatic carbocycles. The van der Waals surface area contributed by atoms with E-state index in [1.54, 1.807) is 18.2 Å². The number of carbonyl (C=O) groups is 1. The largest absolute Gasteiger partial charge is 0.490 e. The van der Waals surface area contributed by atoms with E-state index in [1.807, 2.05) is 50.4 Å². The van der Waals surface area contributed by atoms with Crippen molar-refractivity contribution in [2.45, 2.75) is 25.5 Å². The molecule has 0 aliphatic carbocycles. The molecular formula is C21H24ClNO3. The first-order valence-electron chi connectivity index (χ1n) is 8.48. The molecule has 0 bridgehead atoms. The van der Waals surface area contributed by atoms with Crippen LogP contribution in [0.4, 0.5) is 0 Å². The Labute approximate surface area is 159 Å². The Balaban J connectivity index is 2.09. The molecule has 0 heterocycles. The maximum atomic E-state index is 12.4. The molecule has 2 aromatic rings. The highest BCUT2D eigenvalue weighted by Crippen LogP contribution is 2.25. The maximum Gasteiger partial charge on any atom is 0.310 e. The van der Waals surface area contributed by atoms with Gasteiger partial charge in [0.25, 0.3) is 0 Å². The van der Waals surface area contributed by atoms with E-state index in [9.17, 15) is 4.79 Å². The summed E-state index contributed by atoms with van der Waals surface area (Å²) in [5.74, 6) is 0.445. The van der Waals surface area contributed by atoms with E-state index >= 15 is 0 Å². The summed E-state index contributed by atoms with van der Waals surface area (Å²) in [5.41, 5.74) is 1.73. The van der Waals surface area contributed by atoms with Crippen LogP contribution < -0.4 is 10.1 Å². The first kappa shape index (κ1) is 20.0. The second-order valence-electron chi connectivity index (χ2n) is 5.96. The molecule has 2 rings (SSSR count). The molecule has 4 nitrogen and oxygen atoms in total. The van der Waals surface area contributed by atoms with E-state index in [0.29, 0.717) is 11.6 Å². The van der Waals surface area contributed by atoms with Gasteiger partial charge in [-0.2, -0.15) is 0 Å². The average molecular weight is 374 g/mol. The third kappa shape index (κ3) is 5.90. The number of carbonyl (C=O) groups excluding carboxylic acids is 1. The Morgan fingerprint density at radius 3 is 2.62 bits per heavy atom. The molecule has 1 N–H and O–H groups in total. The van der Waals surface area contributed by atoms with Crippen molar-refractivity contribution in [3.63, 3.8) is 0 Å². The maximum absolute atomic E-state index is 12.4. The third-order valence-electron chi connectivity index (χ3n) is 3.98. The molecular weight excluding hydrogens is 350 g/mol. The average Bonchev–Trinajstić information content (AvgIpc) is 2.64. The number of halogens is 1. The second kappa shape index (κ2) is 10.00. The quantitative estimate of drug-likeness (QED) is 0.524. The highest BCUT2D eigenvalue weighted by Gasteiger charge is 2.22. The minimum Gasteiger partial charge on any atom is -0.490 e. The summed E-state index contributed by atoms with van der Waals surface area (Å²) in [6.07, 6.45) is 1.46. The van der Waals surface area contributed by atoms with Gasteiger partial charge in [0.1, 0.15) is 18.5 Å². The fourth-order valence-corrected chi connectivity index (χ4v) is 2.73. The van der Waals surface area contributed by atoms with Gasteiger partial charge in [-0.15, -0.1) is 0 Å². The predicted molar refractivity (Wildman–Crippen MR) is 105 cm³/mol. The minimum absolute atomic E-state index is 0.0433. The van der Waals surface area contributed by atoms with Gasteiger partial charge in [0.2, 0.25) is 0 Å². The summed E-state index contributed by atoms with van der Waals surface area (Å²) in [5, 5.41) is 3.75. The van der Waals surface area contributed by atoms with Gasteiger partial charge in [-0.25, -0.2) is 0 Å². The minimum atomic E-state index is -0.403. The molecule has 0 spiro atoms. The normalized spacial score (nSPS) is 12.9. The lowest BCUT2D eigenvalue weighted by Gasteiger charge is -2.24. The zero-order valence-corrected chi connectivity index (χ0v) is 15.8. The van der Waals surface area contributed by atoms with E-state index in [0.717, 1.165) is 16.9 Å². The van der Waals surface area contributed by atoms with Gasteiger partial charge in [0.15, 0.2) is 0 Å². The number of benzene rings is 2. The number of ether oxygens (including phenoxy) is 2. The van der Waals surface area contributed by atoms with Gasteiger partial charge >= 0.3 is 5.97 Å². The highest BCUT2D eigenvalue weighted by atomic mass is 35.5. The molecule has 0 saturated heterocycles. The van der Waals surface area contributed by atoms with Crippen molar-refractivity contribution in [3.8, 4) is 5.75 Å². The molecule has 138 valence electrons. The molecule has 0 radical (unpaired) electrons. The van der Waals surface area contributed by atoms with E-state index in [1.165, 1.54) is 0 Å². The molecule has 0 saturated carbocycles. The van der Waals surface area contributed by atoms with Gasteiger partial charge in [0, 0.05) is 11.1 Å². The lowest BCUT2D eigenvalue weighted by molar-refractivity contribution is -0.150. The summed E-state index contributed by atoms with van der Waals surface area (Å²) in [4.78, 5) is 12.4. The summed E-state index contributed by atoms with van der Waals surface area (Å²) in [7, 11) is 1.84. The lowest BCUT2D eigenvalue weighted by Crippen LogP contribution is -2.32. The first-order chi connectivity index (χ1) is 12.5. The van der Waals surface area contributed by atoms with Crippen molar-refractivity contribution in [1.29, 1.82) is 0 Å². The van der Waals surface area contributed by atoms with E-state index in [4.69, 9.17) is 21.1 Å². The van der Waals surface area contributed by atoms with Crippen LogP contribution in [0.15, 0.2) is 61.2 Å². The van der Waals surface area contributed by atoms with E-state index < -0.39 is 6.10 Å². The van der Waals surface area contributed by atoms with Gasteiger partial charge < -0.3 is 14.8 Å². The Morgan fingerprint density at radius 2 is 2.00 bits per heavy atom. The summed E-state index contributed by atoms with van der Waals surface area (Å²) >= 11 is 5.97. The van der Waals surface area contributed by atoms with Crippen molar-refractivity contribution >= 4 is 17.6 Å². The number of hydrogen-bond acceptors (Lipinski definition) is 4. The monoisotopic (exact) mass is 373 g/mol. The molecule has 2 unspecified atom stereocenters. The van der Waals surface area contributed by atoms with Gasteiger partial charge in [-0.1, -0.05) is 48.5 Å². The van der Waals surface area contributed by atoms with Gasteiger partial charge in [-0.3, -0.25) is 4.79 Å². The molecule has 0 aliphatic heterocycles. The first-order valence-corrected chi connectivity index (χ1v) is 8.86. The fraction of sp³-hybridized carbons (Fsp3) is 0.286. The van der Waals surface area contributed by atoms with Crippen molar-refractivity contribution in [1.82, 2.24) is 5.32 Å². The summed E-state index contributed by atoms with van der Waals surface area (Å²) in [6, 6.07) is 14.7. The van der Waals surface area contributed by atoms with E-state index in [-0.39, 0.29) is 18.4 Å². The fourth-order valence-electron chi connectivity index (χ4n) is 2.52. The lowest BCUT2D eigenvalue weighted by atomic mass is 10.0. The third-order valence-corrected chi connectivity index (χ3v) is 4.22. The number of nitrogens with one attached hydrogen (secondary N) is 1. The number of hydrogen-bond donors (Lipinski definition) is 1. The van der Waals surface area contributed by atoms with Crippen LogP contribution in [-0.2, 0) is 16.0 Å². The van der Waals surface area contributed by atoms with Crippen LogP contribution in [0.1, 0.15) is 24.2 Å². The molecule has 0 fully saturated rings.